The number of hydrogen-bond acceptors (Lipinski definition) is 3. The summed E-state index contributed by atoms with van der Waals surface area (Å²) >= 11 is 5.88. The Hall–Kier alpha value is -1.26. The largest absolute Gasteiger partial charge is 0.398 e. The molecule has 16 heavy (non-hydrogen) atoms. The third-order valence-electron chi connectivity index (χ3n) is 2.20. The van der Waals surface area contributed by atoms with Gasteiger partial charge in [-0.05, 0) is 18.1 Å². The summed E-state index contributed by atoms with van der Waals surface area (Å²) < 4.78 is 0. The number of aliphatic hydroxyl groups excluding tert-OH is 1. The van der Waals surface area contributed by atoms with Gasteiger partial charge in [-0.2, -0.15) is 0 Å². The summed E-state index contributed by atoms with van der Waals surface area (Å²) in [5.41, 5.74) is 6.30. The second-order valence-corrected chi connectivity index (χ2v) is 4.11. The highest BCUT2D eigenvalue weighted by Gasteiger charge is 2.14. The zero-order valence-electron chi connectivity index (χ0n) is 9.03. The first-order valence-electron chi connectivity index (χ1n) is 4.99. The number of nitrogens with two attached hydrogens (primary N) is 1. The number of anilines is 1. The van der Waals surface area contributed by atoms with Gasteiger partial charge in [-0.25, -0.2) is 0 Å². The zero-order valence-corrected chi connectivity index (χ0v) is 9.79. The molecule has 0 spiro atoms. The van der Waals surface area contributed by atoms with Crippen molar-refractivity contribution in [2.45, 2.75) is 6.92 Å². The van der Waals surface area contributed by atoms with Crippen molar-refractivity contribution in [3.63, 3.8) is 0 Å². The van der Waals surface area contributed by atoms with Crippen LogP contribution in [0.3, 0.4) is 0 Å². The van der Waals surface area contributed by atoms with Gasteiger partial charge in [0, 0.05) is 18.8 Å². The average molecular weight is 243 g/mol. The molecule has 0 aliphatic carbocycles. The Bertz CT molecular complexity index is 362. The Morgan fingerprint density at radius 1 is 1.62 bits per heavy atom. The molecule has 1 aromatic carbocycles. The topological polar surface area (TPSA) is 75.3 Å². The molecule has 4 N–H and O–H groups in total. The minimum atomic E-state index is -0.316. The maximum absolute atomic E-state index is 11.7. The molecule has 0 aliphatic rings. The number of halogens is 1. The van der Waals surface area contributed by atoms with Crippen molar-refractivity contribution in [1.29, 1.82) is 0 Å². The van der Waals surface area contributed by atoms with Gasteiger partial charge in [0.15, 0.2) is 0 Å². The van der Waals surface area contributed by atoms with E-state index in [0.717, 1.165) is 0 Å². The number of hydrogen-bond donors (Lipinski definition) is 3. The van der Waals surface area contributed by atoms with Crippen molar-refractivity contribution in [1.82, 2.24) is 5.32 Å². The fourth-order valence-corrected chi connectivity index (χ4v) is 1.47. The summed E-state index contributed by atoms with van der Waals surface area (Å²) in [5.74, 6) is -0.309. The van der Waals surface area contributed by atoms with Crippen molar-refractivity contribution in [3.05, 3.63) is 28.8 Å². The number of carbonyl (C=O) groups excluding carboxylic acids is 1. The van der Waals surface area contributed by atoms with Crippen LogP contribution in [0.5, 0.6) is 0 Å². The normalized spacial score (nSPS) is 12.2. The molecule has 0 saturated heterocycles. The molecule has 4 nitrogen and oxygen atoms in total. The number of rotatable bonds is 4. The maximum Gasteiger partial charge on any atom is 0.254 e. The van der Waals surface area contributed by atoms with Crippen molar-refractivity contribution < 1.29 is 9.90 Å². The second-order valence-electron chi connectivity index (χ2n) is 3.70. The lowest BCUT2D eigenvalue weighted by Gasteiger charge is -2.11. The Morgan fingerprint density at radius 3 is 2.88 bits per heavy atom. The molecule has 1 unspecified atom stereocenters. The molecule has 1 aromatic rings. The van der Waals surface area contributed by atoms with Gasteiger partial charge in [-0.3, -0.25) is 4.79 Å². The van der Waals surface area contributed by atoms with E-state index in [0.29, 0.717) is 17.3 Å². The predicted octanol–water partition coefficient (Wildman–Crippen LogP) is 1.28. The minimum absolute atomic E-state index is 0.00709. The van der Waals surface area contributed by atoms with Crippen LogP contribution in [0.15, 0.2) is 18.2 Å². The van der Waals surface area contributed by atoms with Crippen molar-refractivity contribution in [2.24, 2.45) is 5.92 Å². The van der Waals surface area contributed by atoms with Crippen LogP contribution in [0.2, 0.25) is 5.02 Å². The fraction of sp³-hybridized carbons (Fsp3) is 0.364. The van der Waals surface area contributed by atoms with Crippen LogP contribution in [0.25, 0.3) is 0 Å². The Labute approximate surface area is 99.4 Å². The van der Waals surface area contributed by atoms with Crippen LogP contribution < -0.4 is 11.1 Å². The van der Waals surface area contributed by atoms with Gasteiger partial charge in [0.1, 0.15) is 0 Å². The number of amides is 1. The molecule has 1 atom stereocenters. The number of aliphatic hydroxyl groups is 1. The number of carbonyl (C=O) groups is 1. The average Bonchev–Trinajstić information content (AvgIpc) is 2.25. The summed E-state index contributed by atoms with van der Waals surface area (Å²) in [6, 6.07) is 4.92. The minimum Gasteiger partial charge on any atom is -0.398 e. The zero-order chi connectivity index (χ0) is 12.1. The third kappa shape index (κ3) is 3.12. The van der Waals surface area contributed by atoms with E-state index in [1.165, 1.54) is 0 Å². The molecular weight excluding hydrogens is 228 g/mol. The summed E-state index contributed by atoms with van der Waals surface area (Å²) in [5, 5.41) is 11.8. The van der Waals surface area contributed by atoms with Crippen molar-refractivity contribution in [2.75, 3.05) is 18.9 Å². The van der Waals surface area contributed by atoms with E-state index in [9.17, 15) is 4.79 Å². The lowest BCUT2D eigenvalue weighted by molar-refractivity contribution is 0.0943. The van der Waals surface area contributed by atoms with E-state index < -0.39 is 0 Å². The van der Waals surface area contributed by atoms with Crippen LogP contribution in [-0.4, -0.2) is 24.2 Å². The summed E-state index contributed by atoms with van der Waals surface area (Å²) in [6.45, 7) is 2.24. The SMILES string of the molecule is CC(CO)CNC(=O)c1c(N)cccc1Cl. The number of benzene rings is 1. The molecule has 5 heteroatoms. The van der Waals surface area contributed by atoms with E-state index in [4.69, 9.17) is 22.4 Å². The Morgan fingerprint density at radius 2 is 2.31 bits per heavy atom. The number of nitrogens with one attached hydrogen (secondary N) is 1. The molecule has 1 rings (SSSR count). The van der Waals surface area contributed by atoms with Crippen molar-refractivity contribution in [3.8, 4) is 0 Å². The molecule has 0 aromatic heterocycles. The maximum atomic E-state index is 11.7. The first-order valence-corrected chi connectivity index (χ1v) is 5.37. The lowest BCUT2D eigenvalue weighted by atomic mass is 10.1. The molecule has 0 radical (unpaired) electrons. The standard InChI is InChI=1S/C11H15ClN2O2/c1-7(6-15)5-14-11(16)10-8(12)3-2-4-9(10)13/h2-4,7,15H,5-6,13H2,1H3,(H,14,16). The van der Waals surface area contributed by atoms with E-state index in [1.807, 2.05) is 6.92 Å². The van der Waals surface area contributed by atoms with Gasteiger partial charge in [-0.15, -0.1) is 0 Å². The quantitative estimate of drug-likeness (QED) is 0.697. The number of nitrogen functional groups attached to an aromatic ring is 1. The molecule has 0 bridgehead atoms. The van der Waals surface area contributed by atoms with Gasteiger partial charge in [0.25, 0.3) is 5.91 Å². The fourth-order valence-electron chi connectivity index (χ4n) is 1.20. The second kappa shape index (κ2) is 5.72. The van der Waals surface area contributed by atoms with Crippen LogP contribution in [0, 0.1) is 5.92 Å². The molecule has 0 fully saturated rings. The van der Waals surface area contributed by atoms with Crippen LogP contribution >= 0.6 is 11.6 Å². The van der Waals surface area contributed by atoms with E-state index in [2.05, 4.69) is 5.32 Å². The van der Waals surface area contributed by atoms with Gasteiger partial charge in [-0.1, -0.05) is 24.6 Å². The predicted molar refractivity (Wildman–Crippen MR) is 64.4 cm³/mol. The highest BCUT2D eigenvalue weighted by atomic mass is 35.5. The smallest absolute Gasteiger partial charge is 0.254 e. The molecule has 0 aliphatic heterocycles. The molecule has 1 amide bonds. The molecular formula is C11H15ClN2O2. The highest BCUT2D eigenvalue weighted by Crippen LogP contribution is 2.21. The van der Waals surface area contributed by atoms with E-state index in [1.54, 1.807) is 18.2 Å². The van der Waals surface area contributed by atoms with Gasteiger partial charge < -0.3 is 16.2 Å². The lowest BCUT2D eigenvalue weighted by Crippen LogP contribution is -2.30. The van der Waals surface area contributed by atoms with Crippen molar-refractivity contribution >= 4 is 23.2 Å². The monoisotopic (exact) mass is 242 g/mol. The Balaban J connectivity index is 2.73. The highest BCUT2D eigenvalue weighted by molar-refractivity contribution is 6.34. The summed E-state index contributed by atoms with van der Waals surface area (Å²) in [6.07, 6.45) is 0. The molecule has 0 heterocycles. The van der Waals surface area contributed by atoms with Crippen LogP contribution in [0.4, 0.5) is 5.69 Å². The third-order valence-corrected chi connectivity index (χ3v) is 2.51. The van der Waals surface area contributed by atoms with Crippen LogP contribution in [-0.2, 0) is 0 Å². The van der Waals surface area contributed by atoms with E-state index in [-0.39, 0.29) is 24.0 Å². The first kappa shape index (κ1) is 12.8. The van der Waals surface area contributed by atoms with Gasteiger partial charge >= 0.3 is 0 Å². The molecule has 0 saturated carbocycles. The van der Waals surface area contributed by atoms with Gasteiger partial charge in [0.2, 0.25) is 0 Å². The van der Waals surface area contributed by atoms with E-state index >= 15 is 0 Å². The summed E-state index contributed by atoms with van der Waals surface area (Å²) in [7, 11) is 0. The Kier molecular flexibility index (Phi) is 4.58. The molecule has 88 valence electrons. The summed E-state index contributed by atoms with van der Waals surface area (Å²) in [4.78, 5) is 11.7. The van der Waals surface area contributed by atoms with Gasteiger partial charge in [0.05, 0.1) is 10.6 Å². The first-order chi connectivity index (χ1) is 7.56. The van der Waals surface area contributed by atoms with Crippen LogP contribution in [0.1, 0.15) is 17.3 Å².